The molecule has 1 heterocycles. The van der Waals surface area contributed by atoms with Crippen LogP contribution in [0.1, 0.15) is 38.5 Å². The molecule has 2 aliphatic rings. The summed E-state index contributed by atoms with van der Waals surface area (Å²) in [6.07, 6.45) is 8.23. The summed E-state index contributed by atoms with van der Waals surface area (Å²) in [6, 6.07) is 9.62. The molecule has 1 saturated carbocycles. The van der Waals surface area contributed by atoms with E-state index in [1.807, 2.05) is 0 Å². The van der Waals surface area contributed by atoms with Crippen LogP contribution in [0.4, 0.5) is 11.4 Å². The van der Waals surface area contributed by atoms with Crippen LogP contribution < -0.4 is 10.2 Å². The SMILES string of the molecule is c1cc(N2CCOCC2)ccc1NC1CCCCCC1. The molecule has 1 aromatic rings. The van der Waals surface area contributed by atoms with Gasteiger partial charge in [-0.2, -0.15) is 0 Å². The molecule has 0 amide bonds. The standard InChI is InChI=1S/C17H26N2O/c1-2-4-6-15(5-3-1)18-16-7-9-17(10-8-16)19-11-13-20-14-12-19/h7-10,15,18H,1-6,11-14H2. The number of benzene rings is 1. The fraction of sp³-hybridized carbons (Fsp3) is 0.647. The highest BCUT2D eigenvalue weighted by Gasteiger charge is 2.13. The second-order valence-electron chi connectivity index (χ2n) is 5.98. The normalized spacial score (nSPS) is 21.5. The molecule has 0 aromatic heterocycles. The summed E-state index contributed by atoms with van der Waals surface area (Å²) in [5.41, 5.74) is 2.59. The number of morpholine rings is 1. The van der Waals surface area contributed by atoms with Gasteiger partial charge in [0, 0.05) is 30.5 Å². The second-order valence-corrected chi connectivity index (χ2v) is 5.98. The van der Waals surface area contributed by atoms with Gasteiger partial charge in [-0.3, -0.25) is 0 Å². The number of ether oxygens (including phenoxy) is 1. The van der Waals surface area contributed by atoms with Crippen molar-refractivity contribution in [3.8, 4) is 0 Å². The number of anilines is 2. The quantitative estimate of drug-likeness (QED) is 0.851. The summed E-state index contributed by atoms with van der Waals surface area (Å²) in [7, 11) is 0. The van der Waals surface area contributed by atoms with E-state index in [1.54, 1.807) is 0 Å². The van der Waals surface area contributed by atoms with Crippen molar-refractivity contribution in [1.29, 1.82) is 0 Å². The van der Waals surface area contributed by atoms with Crippen molar-refractivity contribution in [2.24, 2.45) is 0 Å². The predicted octanol–water partition coefficient (Wildman–Crippen LogP) is 3.66. The van der Waals surface area contributed by atoms with Gasteiger partial charge in [0.05, 0.1) is 13.2 Å². The molecule has 0 spiro atoms. The molecule has 3 heteroatoms. The van der Waals surface area contributed by atoms with E-state index in [0.717, 1.165) is 26.3 Å². The first-order valence-electron chi connectivity index (χ1n) is 8.11. The summed E-state index contributed by atoms with van der Waals surface area (Å²) in [4.78, 5) is 2.40. The Bertz CT molecular complexity index is 390. The average molecular weight is 274 g/mol. The highest BCUT2D eigenvalue weighted by Crippen LogP contribution is 2.23. The van der Waals surface area contributed by atoms with Crippen LogP contribution in [0.25, 0.3) is 0 Å². The molecule has 1 aliphatic heterocycles. The van der Waals surface area contributed by atoms with Crippen molar-refractivity contribution in [2.75, 3.05) is 36.5 Å². The zero-order valence-corrected chi connectivity index (χ0v) is 12.3. The topological polar surface area (TPSA) is 24.5 Å². The molecule has 110 valence electrons. The first-order valence-corrected chi connectivity index (χ1v) is 8.11. The van der Waals surface area contributed by atoms with Gasteiger partial charge in [-0.1, -0.05) is 25.7 Å². The zero-order chi connectivity index (χ0) is 13.6. The van der Waals surface area contributed by atoms with Gasteiger partial charge in [-0.05, 0) is 37.1 Å². The Morgan fingerprint density at radius 3 is 2.20 bits per heavy atom. The van der Waals surface area contributed by atoms with Crippen LogP contribution >= 0.6 is 0 Å². The monoisotopic (exact) mass is 274 g/mol. The fourth-order valence-electron chi connectivity index (χ4n) is 3.25. The Morgan fingerprint density at radius 2 is 1.55 bits per heavy atom. The Morgan fingerprint density at radius 1 is 0.900 bits per heavy atom. The third kappa shape index (κ3) is 3.66. The third-order valence-electron chi connectivity index (χ3n) is 4.47. The molecule has 1 N–H and O–H groups in total. The van der Waals surface area contributed by atoms with Crippen LogP contribution in [0.3, 0.4) is 0 Å². The van der Waals surface area contributed by atoms with Crippen molar-refractivity contribution in [3.05, 3.63) is 24.3 Å². The summed E-state index contributed by atoms with van der Waals surface area (Å²) in [5, 5.41) is 3.71. The summed E-state index contributed by atoms with van der Waals surface area (Å²) in [6.45, 7) is 3.72. The van der Waals surface area contributed by atoms with Crippen LogP contribution in [0.2, 0.25) is 0 Å². The van der Waals surface area contributed by atoms with Crippen molar-refractivity contribution in [1.82, 2.24) is 0 Å². The van der Waals surface area contributed by atoms with Gasteiger partial charge in [-0.15, -0.1) is 0 Å². The van der Waals surface area contributed by atoms with Crippen molar-refractivity contribution < 1.29 is 4.74 Å². The third-order valence-corrected chi connectivity index (χ3v) is 4.47. The van der Waals surface area contributed by atoms with Crippen LogP contribution in [-0.2, 0) is 4.74 Å². The molecule has 0 atom stereocenters. The van der Waals surface area contributed by atoms with Gasteiger partial charge in [0.25, 0.3) is 0 Å². The van der Waals surface area contributed by atoms with Crippen LogP contribution in [0, 0.1) is 0 Å². The number of hydrogen-bond donors (Lipinski definition) is 1. The molecule has 0 bridgehead atoms. The highest BCUT2D eigenvalue weighted by molar-refractivity contribution is 5.55. The first kappa shape index (κ1) is 13.7. The van der Waals surface area contributed by atoms with E-state index in [-0.39, 0.29) is 0 Å². The molecular formula is C17H26N2O. The van der Waals surface area contributed by atoms with E-state index >= 15 is 0 Å². The highest BCUT2D eigenvalue weighted by atomic mass is 16.5. The van der Waals surface area contributed by atoms with Crippen molar-refractivity contribution >= 4 is 11.4 Å². The molecule has 3 nitrogen and oxygen atoms in total. The molecule has 1 aromatic carbocycles. The lowest BCUT2D eigenvalue weighted by atomic mass is 10.1. The van der Waals surface area contributed by atoms with Crippen molar-refractivity contribution in [2.45, 2.75) is 44.6 Å². The molecule has 0 unspecified atom stereocenters. The summed E-state index contributed by atoms with van der Waals surface area (Å²) < 4.78 is 5.40. The number of hydrogen-bond acceptors (Lipinski definition) is 3. The van der Waals surface area contributed by atoms with E-state index in [2.05, 4.69) is 34.5 Å². The Labute approximate surface area is 122 Å². The molecule has 2 fully saturated rings. The minimum absolute atomic E-state index is 0.673. The first-order chi connectivity index (χ1) is 9.92. The molecule has 20 heavy (non-hydrogen) atoms. The minimum atomic E-state index is 0.673. The average Bonchev–Trinajstić information content (AvgIpc) is 2.78. The fourth-order valence-corrected chi connectivity index (χ4v) is 3.25. The number of nitrogens with one attached hydrogen (secondary N) is 1. The lowest BCUT2D eigenvalue weighted by Crippen LogP contribution is -2.36. The minimum Gasteiger partial charge on any atom is -0.382 e. The van der Waals surface area contributed by atoms with Crippen LogP contribution in [0.5, 0.6) is 0 Å². The lowest BCUT2D eigenvalue weighted by Gasteiger charge is -2.29. The van der Waals surface area contributed by atoms with Gasteiger partial charge < -0.3 is 15.0 Å². The predicted molar refractivity (Wildman–Crippen MR) is 84.6 cm³/mol. The van der Waals surface area contributed by atoms with E-state index in [0.29, 0.717) is 6.04 Å². The zero-order valence-electron chi connectivity index (χ0n) is 12.3. The molecule has 0 radical (unpaired) electrons. The smallest absolute Gasteiger partial charge is 0.0642 e. The number of nitrogens with zero attached hydrogens (tertiary/aromatic N) is 1. The van der Waals surface area contributed by atoms with Crippen LogP contribution in [0.15, 0.2) is 24.3 Å². The van der Waals surface area contributed by atoms with E-state index in [9.17, 15) is 0 Å². The Kier molecular flexibility index (Phi) is 4.80. The Balaban J connectivity index is 1.57. The van der Waals surface area contributed by atoms with E-state index in [4.69, 9.17) is 4.74 Å². The molecule has 3 rings (SSSR count). The van der Waals surface area contributed by atoms with E-state index < -0.39 is 0 Å². The number of rotatable bonds is 3. The van der Waals surface area contributed by atoms with Gasteiger partial charge in [0.1, 0.15) is 0 Å². The van der Waals surface area contributed by atoms with Gasteiger partial charge in [0.15, 0.2) is 0 Å². The van der Waals surface area contributed by atoms with Gasteiger partial charge in [-0.25, -0.2) is 0 Å². The summed E-state index contributed by atoms with van der Waals surface area (Å²) in [5.74, 6) is 0. The summed E-state index contributed by atoms with van der Waals surface area (Å²) >= 11 is 0. The maximum Gasteiger partial charge on any atom is 0.0642 e. The van der Waals surface area contributed by atoms with Gasteiger partial charge in [0.2, 0.25) is 0 Å². The largest absolute Gasteiger partial charge is 0.382 e. The van der Waals surface area contributed by atoms with Crippen molar-refractivity contribution in [3.63, 3.8) is 0 Å². The Hall–Kier alpha value is -1.22. The maximum absolute atomic E-state index is 5.40. The maximum atomic E-state index is 5.40. The second kappa shape index (κ2) is 6.98. The van der Waals surface area contributed by atoms with Crippen LogP contribution in [-0.4, -0.2) is 32.3 Å². The molecule has 1 aliphatic carbocycles. The lowest BCUT2D eigenvalue weighted by molar-refractivity contribution is 0.122. The van der Waals surface area contributed by atoms with E-state index in [1.165, 1.54) is 49.9 Å². The molecular weight excluding hydrogens is 248 g/mol. The molecule has 1 saturated heterocycles. The van der Waals surface area contributed by atoms with Gasteiger partial charge >= 0.3 is 0 Å².